The molecule has 0 radical (unpaired) electrons. The molecule has 4 aromatic rings. The summed E-state index contributed by atoms with van der Waals surface area (Å²) in [6.07, 6.45) is -3.29. The van der Waals surface area contributed by atoms with Gasteiger partial charge >= 0.3 is 6.18 Å². The summed E-state index contributed by atoms with van der Waals surface area (Å²) in [5.74, 6) is -0.0719. The van der Waals surface area contributed by atoms with Gasteiger partial charge < -0.3 is 13.8 Å². The molecule has 0 fully saturated rings. The SMILES string of the molecule is Fc1ccccc1C1Cn2cnc(-c3nc(-c4ccc(C(F)(F)F)cc4)no3)c2CO1. The zero-order valence-corrected chi connectivity index (χ0v) is 15.8. The second-order valence-corrected chi connectivity index (χ2v) is 7.01. The number of alkyl halides is 3. The van der Waals surface area contributed by atoms with Crippen LogP contribution in [0.15, 0.2) is 59.4 Å². The Labute approximate surface area is 173 Å². The van der Waals surface area contributed by atoms with Gasteiger partial charge in [-0.2, -0.15) is 18.2 Å². The van der Waals surface area contributed by atoms with E-state index in [1.54, 1.807) is 24.5 Å². The maximum absolute atomic E-state index is 14.1. The predicted molar refractivity (Wildman–Crippen MR) is 99.9 cm³/mol. The molecule has 1 aliphatic rings. The molecule has 0 aliphatic carbocycles. The van der Waals surface area contributed by atoms with Crippen LogP contribution in [-0.4, -0.2) is 19.7 Å². The van der Waals surface area contributed by atoms with Gasteiger partial charge in [-0.15, -0.1) is 0 Å². The Morgan fingerprint density at radius 1 is 1.03 bits per heavy atom. The van der Waals surface area contributed by atoms with Crippen LogP contribution in [0, 0.1) is 5.82 Å². The number of ether oxygens (including phenoxy) is 1. The molecule has 2 aromatic carbocycles. The molecule has 31 heavy (non-hydrogen) atoms. The number of benzene rings is 2. The van der Waals surface area contributed by atoms with Gasteiger partial charge in [-0.25, -0.2) is 9.37 Å². The summed E-state index contributed by atoms with van der Waals surface area (Å²) in [5.41, 5.74) is 1.19. The van der Waals surface area contributed by atoms with Crippen molar-refractivity contribution < 1.29 is 26.8 Å². The van der Waals surface area contributed by atoms with Gasteiger partial charge in [0.05, 0.1) is 30.7 Å². The molecule has 0 saturated carbocycles. The van der Waals surface area contributed by atoms with Crippen LogP contribution in [0.25, 0.3) is 23.0 Å². The monoisotopic (exact) mass is 430 g/mol. The molecule has 2 aromatic heterocycles. The van der Waals surface area contributed by atoms with Crippen molar-refractivity contribution in [1.82, 2.24) is 19.7 Å². The summed E-state index contributed by atoms with van der Waals surface area (Å²) < 4.78 is 65.2. The second-order valence-electron chi connectivity index (χ2n) is 7.01. The van der Waals surface area contributed by atoms with Crippen LogP contribution in [0.1, 0.15) is 22.9 Å². The minimum Gasteiger partial charge on any atom is -0.365 e. The van der Waals surface area contributed by atoms with E-state index in [2.05, 4.69) is 15.1 Å². The summed E-state index contributed by atoms with van der Waals surface area (Å²) in [6, 6.07) is 10.9. The lowest BCUT2D eigenvalue weighted by atomic mass is 10.1. The van der Waals surface area contributed by atoms with E-state index in [1.165, 1.54) is 18.2 Å². The van der Waals surface area contributed by atoms with Crippen LogP contribution in [0.3, 0.4) is 0 Å². The first-order valence-electron chi connectivity index (χ1n) is 9.32. The molecule has 1 atom stereocenters. The Bertz CT molecular complexity index is 1230. The summed E-state index contributed by atoms with van der Waals surface area (Å²) in [5, 5.41) is 3.85. The van der Waals surface area contributed by atoms with Gasteiger partial charge in [0, 0.05) is 11.1 Å². The van der Waals surface area contributed by atoms with Crippen molar-refractivity contribution in [3.8, 4) is 23.0 Å². The Morgan fingerprint density at radius 3 is 2.55 bits per heavy atom. The first-order valence-corrected chi connectivity index (χ1v) is 9.32. The third-order valence-electron chi connectivity index (χ3n) is 5.08. The molecule has 0 N–H and O–H groups in total. The standard InChI is InChI=1S/C21H14F4N4O2/c22-15-4-2-1-3-14(15)17-9-29-11-26-18(16(29)10-30-17)20-27-19(28-31-20)12-5-7-13(8-6-12)21(23,24)25/h1-8,11,17H,9-10H2. The lowest BCUT2D eigenvalue weighted by Gasteiger charge is -2.25. The Morgan fingerprint density at radius 2 is 1.81 bits per heavy atom. The van der Waals surface area contributed by atoms with Crippen LogP contribution in [0.4, 0.5) is 17.6 Å². The van der Waals surface area contributed by atoms with Gasteiger partial charge in [0.2, 0.25) is 5.82 Å². The Hall–Kier alpha value is -3.53. The minimum atomic E-state index is -4.42. The summed E-state index contributed by atoms with van der Waals surface area (Å²) in [4.78, 5) is 8.58. The minimum absolute atomic E-state index is 0.122. The van der Waals surface area contributed by atoms with E-state index in [4.69, 9.17) is 9.26 Å². The fraction of sp³-hybridized carbons (Fsp3) is 0.190. The zero-order valence-electron chi connectivity index (χ0n) is 15.8. The van der Waals surface area contributed by atoms with Gasteiger partial charge in [0.1, 0.15) is 11.9 Å². The quantitative estimate of drug-likeness (QED) is 0.427. The molecule has 0 amide bonds. The van der Waals surface area contributed by atoms with E-state index >= 15 is 0 Å². The molecule has 6 nitrogen and oxygen atoms in total. The highest BCUT2D eigenvalue weighted by atomic mass is 19.4. The average molecular weight is 430 g/mol. The lowest BCUT2D eigenvalue weighted by molar-refractivity contribution is -0.137. The first kappa shape index (κ1) is 19.4. The number of hydrogen-bond donors (Lipinski definition) is 0. The van der Waals surface area contributed by atoms with Crippen LogP contribution in [0.2, 0.25) is 0 Å². The van der Waals surface area contributed by atoms with Crippen molar-refractivity contribution in [2.45, 2.75) is 25.4 Å². The van der Waals surface area contributed by atoms with Crippen LogP contribution < -0.4 is 0 Å². The van der Waals surface area contributed by atoms with Crippen molar-refractivity contribution in [3.05, 3.63) is 77.5 Å². The zero-order chi connectivity index (χ0) is 21.6. The summed E-state index contributed by atoms with van der Waals surface area (Å²) >= 11 is 0. The summed E-state index contributed by atoms with van der Waals surface area (Å²) in [6.45, 7) is 0.523. The number of fused-ring (bicyclic) bond motifs is 1. The lowest BCUT2D eigenvalue weighted by Crippen LogP contribution is -2.21. The van der Waals surface area contributed by atoms with Crippen molar-refractivity contribution in [3.63, 3.8) is 0 Å². The number of hydrogen-bond acceptors (Lipinski definition) is 5. The molecule has 1 unspecified atom stereocenters. The molecule has 158 valence electrons. The van der Waals surface area contributed by atoms with Crippen molar-refractivity contribution in [2.75, 3.05) is 0 Å². The molecular formula is C21H14F4N4O2. The van der Waals surface area contributed by atoms with Crippen molar-refractivity contribution in [1.29, 1.82) is 0 Å². The molecule has 0 bridgehead atoms. The highest BCUT2D eigenvalue weighted by molar-refractivity contribution is 5.59. The van der Waals surface area contributed by atoms with Crippen molar-refractivity contribution in [2.24, 2.45) is 0 Å². The number of nitrogens with zero attached hydrogens (tertiary/aromatic N) is 4. The first-order chi connectivity index (χ1) is 14.9. The van der Waals surface area contributed by atoms with Crippen LogP contribution in [0.5, 0.6) is 0 Å². The normalized spacial score (nSPS) is 16.3. The van der Waals surface area contributed by atoms with Crippen LogP contribution in [-0.2, 0) is 24.1 Å². The van der Waals surface area contributed by atoms with Gasteiger partial charge in [-0.3, -0.25) is 0 Å². The van der Waals surface area contributed by atoms with Crippen LogP contribution >= 0.6 is 0 Å². The van der Waals surface area contributed by atoms with E-state index in [1.807, 2.05) is 4.57 Å². The fourth-order valence-electron chi connectivity index (χ4n) is 3.48. The highest BCUT2D eigenvalue weighted by Gasteiger charge is 2.31. The maximum atomic E-state index is 14.1. The number of halogens is 4. The van der Waals surface area contributed by atoms with Crippen molar-refractivity contribution >= 4 is 0 Å². The van der Waals surface area contributed by atoms with Gasteiger partial charge in [0.25, 0.3) is 5.89 Å². The molecule has 0 saturated heterocycles. The molecule has 5 rings (SSSR count). The smallest absolute Gasteiger partial charge is 0.365 e. The third kappa shape index (κ3) is 3.59. The van der Waals surface area contributed by atoms with E-state index in [-0.39, 0.29) is 24.1 Å². The van der Waals surface area contributed by atoms with E-state index in [0.29, 0.717) is 29.1 Å². The molecule has 1 aliphatic heterocycles. The number of rotatable bonds is 3. The van der Waals surface area contributed by atoms with Gasteiger partial charge in [0.15, 0.2) is 5.69 Å². The second kappa shape index (κ2) is 7.31. The topological polar surface area (TPSA) is 66.0 Å². The third-order valence-corrected chi connectivity index (χ3v) is 5.08. The molecular weight excluding hydrogens is 416 g/mol. The van der Waals surface area contributed by atoms with E-state index in [9.17, 15) is 17.6 Å². The van der Waals surface area contributed by atoms with Gasteiger partial charge in [-0.1, -0.05) is 35.5 Å². The summed E-state index contributed by atoms with van der Waals surface area (Å²) in [7, 11) is 0. The average Bonchev–Trinajstić information content (AvgIpc) is 3.40. The molecule has 3 heterocycles. The fourth-order valence-corrected chi connectivity index (χ4v) is 3.48. The highest BCUT2D eigenvalue weighted by Crippen LogP contribution is 2.33. The predicted octanol–water partition coefficient (Wildman–Crippen LogP) is 5.03. The van der Waals surface area contributed by atoms with E-state index < -0.39 is 17.8 Å². The Balaban J connectivity index is 1.39. The maximum Gasteiger partial charge on any atom is 0.416 e. The Kier molecular flexibility index (Phi) is 4.58. The van der Waals surface area contributed by atoms with Gasteiger partial charge in [-0.05, 0) is 18.2 Å². The number of imidazole rings is 1. The molecule has 10 heteroatoms. The number of aromatic nitrogens is 4. The largest absolute Gasteiger partial charge is 0.416 e. The van der Waals surface area contributed by atoms with E-state index in [0.717, 1.165) is 12.1 Å². The molecule has 0 spiro atoms.